The first-order valence-electron chi connectivity index (χ1n) is 7.34. The molecule has 25 heavy (non-hydrogen) atoms. The van der Waals surface area contributed by atoms with E-state index in [0.29, 0.717) is 20.9 Å². The summed E-state index contributed by atoms with van der Waals surface area (Å²) < 4.78 is -0.132. The van der Waals surface area contributed by atoms with Crippen LogP contribution >= 0.6 is 34.5 Å². The van der Waals surface area contributed by atoms with E-state index in [-0.39, 0.29) is 22.2 Å². The van der Waals surface area contributed by atoms with Crippen molar-refractivity contribution in [2.75, 3.05) is 5.32 Å². The van der Waals surface area contributed by atoms with Crippen molar-refractivity contribution in [3.8, 4) is 0 Å². The zero-order valence-corrected chi connectivity index (χ0v) is 15.2. The van der Waals surface area contributed by atoms with Gasteiger partial charge in [0.05, 0.1) is 20.9 Å². The summed E-state index contributed by atoms with van der Waals surface area (Å²) in [6.45, 7) is 0. The van der Waals surface area contributed by atoms with Crippen LogP contribution in [0.15, 0.2) is 53.3 Å². The highest BCUT2D eigenvalue weighted by Gasteiger charge is 2.07. The molecule has 4 nitrogen and oxygen atoms in total. The topological polar surface area (TPSA) is 59.1 Å². The molecular formula is C18H12Cl2N2O2S. The quantitative estimate of drug-likeness (QED) is 0.681. The molecule has 3 aromatic rings. The Kier molecular flexibility index (Phi) is 5.48. The van der Waals surface area contributed by atoms with Gasteiger partial charge in [-0.25, -0.2) is 4.98 Å². The van der Waals surface area contributed by atoms with Gasteiger partial charge < -0.3 is 5.32 Å². The van der Waals surface area contributed by atoms with Gasteiger partial charge in [0.25, 0.3) is 0 Å². The Morgan fingerprint density at radius 3 is 2.76 bits per heavy atom. The number of hydrogen-bond donors (Lipinski definition) is 1. The molecule has 0 bridgehead atoms. The third-order valence-electron chi connectivity index (χ3n) is 3.34. The number of fused-ring (bicyclic) bond motifs is 1. The van der Waals surface area contributed by atoms with E-state index >= 15 is 0 Å². The molecule has 0 aliphatic carbocycles. The van der Waals surface area contributed by atoms with Gasteiger partial charge >= 0.3 is 0 Å². The van der Waals surface area contributed by atoms with E-state index in [0.717, 1.165) is 16.9 Å². The van der Waals surface area contributed by atoms with Crippen LogP contribution in [0.4, 0.5) is 5.13 Å². The van der Waals surface area contributed by atoms with Crippen LogP contribution in [0.25, 0.3) is 17.0 Å². The van der Waals surface area contributed by atoms with E-state index in [1.54, 1.807) is 54.6 Å². The molecule has 126 valence electrons. The molecule has 1 heterocycles. The summed E-state index contributed by atoms with van der Waals surface area (Å²) >= 11 is 12.7. The highest BCUT2D eigenvalue weighted by atomic mass is 35.5. The van der Waals surface area contributed by atoms with Crippen LogP contribution in [0.3, 0.4) is 0 Å². The number of amides is 1. The molecule has 2 aromatic carbocycles. The lowest BCUT2D eigenvalue weighted by Crippen LogP contribution is -2.12. The maximum atomic E-state index is 12.0. The summed E-state index contributed by atoms with van der Waals surface area (Å²) in [5.41, 5.74) is 1.41. The Bertz CT molecular complexity index is 1030. The molecular weight excluding hydrogens is 379 g/mol. The van der Waals surface area contributed by atoms with Crippen molar-refractivity contribution in [3.63, 3.8) is 0 Å². The van der Waals surface area contributed by atoms with E-state index in [9.17, 15) is 9.59 Å². The first kappa shape index (κ1) is 17.6. The number of halogens is 2. The Morgan fingerprint density at radius 2 is 1.96 bits per heavy atom. The van der Waals surface area contributed by atoms with Crippen molar-refractivity contribution >= 4 is 62.6 Å². The average molecular weight is 391 g/mol. The minimum absolute atomic E-state index is 0.132. The monoisotopic (exact) mass is 390 g/mol. The van der Waals surface area contributed by atoms with Crippen molar-refractivity contribution in [1.29, 1.82) is 0 Å². The first-order valence-corrected chi connectivity index (χ1v) is 8.91. The van der Waals surface area contributed by atoms with E-state index < -0.39 is 0 Å². The van der Waals surface area contributed by atoms with Gasteiger partial charge in [0, 0.05) is 6.42 Å². The predicted octanol–water partition coefficient (Wildman–Crippen LogP) is 5.01. The summed E-state index contributed by atoms with van der Waals surface area (Å²) in [7, 11) is 0. The Hall–Kier alpha value is -2.21. The summed E-state index contributed by atoms with van der Waals surface area (Å²) in [5.74, 6) is -0.255. The molecule has 0 saturated carbocycles. The second-order valence-corrected chi connectivity index (χ2v) is 6.93. The molecule has 0 atom stereocenters. The lowest BCUT2D eigenvalue weighted by molar-refractivity contribution is -0.115. The van der Waals surface area contributed by atoms with Gasteiger partial charge in [0.2, 0.25) is 10.6 Å². The number of nitrogens with zero attached hydrogens (tertiary/aromatic N) is 1. The number of rotatable bonds is 4. The first-order chi connectivity index (χ1) is 12.0. The number of hydrogen-bond acceptors (Lipinski definition) is 4. The van der Waals surface area contributed by atoms with E-state index in [1.165, 1.54) is 0 Å². The molecule has 0 radical (unpaired) electrons. The fourth-order valence-electron chi connectivity index (χ4n) is 2.16. The molecule has 1 aromatic heterocycles. The van der Waals surface area contributed by atoms with E-state index in [2.05, 4.69) is 10.3 Å². The standard InChI is InChI=1S/C18H12Cl2N2O2S/c19-13-9-8-11(10-14(13)20)4-3-7-16(23)22-18-21-15-6-2-1-5-12(15)17(24)25-18/h1-6,8-10H,7H2,(H,21,22,23)/b4-3+. The lowest BCUT2D eigenvalue weighted by Gasteiger charge is -2.03. The number of carbonyl (C=O) groups excluding carboxylic acids is 1. The van der Waals surface area contributed by atoms with Crippen LogP contribution in [0, 0.1) is 0 Å². The largest absolute Gasteiger partial charge is 0.302 e. The maximum Gasteiger partial charge on any atom is 0.245 e. The molecule has 7 heteroatoms. The Labute approximate surface area is 157 Å². The number of para-hydroxylation sites is 1. The molecule has 1 amide bonds. The van der Waals surface area contributed by atoms with Crippen molar-refractivity contribution < 1.29 is 4.79 Å². The van der Waals surface area contributed by atoms with Crippen molar-refractivity contribution in [2.24, 2.45) is 0 Å². The SMILES string of the molecule is O=C(C/C=C/c1ccc(Cl)c(Cl)c1)Nc1nc2ccccc2c(=O)s1. The Morgan fingerprint density at radius 1 is 1.16 bits per heavy atom. The molecule has 0 fully saturated rings. The predicted molar refractivity (Wildman–Crippen MR) is 105 cm³/mol. The van der Waals surface area contributed by atoms with Gasteiger partial charge in [0.15, 0.2) is 5.13 Å². The highest BCUT2D eigenvalue weighted by Crippen LogP contribution is 2.23. The summed E-state index contributed by atoms with van der Waals surface area (Å²) in [6.07, 6.45) is 3.63. The van der Waals surface area contributed by atoms with Crippen LogP contribution in [-0.2, 0) is 4.79 Å². The minimum atomic E-state index is -0.255. The number of benzene rings is 2. The summed E-state index contributed by atoms with van der Waals surface area (Å²) in [6, 6.07) is 12.2. The summed E-state index contributed by atoms with van der Waals surface area (Å²) in [4.78, 5) is 28.3. The molecule has 0 aliphatic heterocycles. The Balaban J connectivity index is 1.67. The summed E-state index contributed by atoms with van der Waals surface area (Å²) in [5, 5.41) is 4.42. The fourth-order valence-corrected chi connectivity index (χ4v) is 3.23. The smallest absolute Gasteiger partial charge is 0.245 e. The lowest BCUT2D eigenvalue weighted by atomic mass is 10.2. The van der Waals surface area contributed by atoms with Gasteiger partial charge in [-0.05, 0) is 29.8 Å². The number of anilines is 1. The van der Waals surface area contributed by atoms with Crippen LogP contribution in [0.5, 0.6) is 0 Å². The van der Waals surface area contributed by atoms with Crippen LogP contribution in [0.1, 0.15) is 12.0 Å². The average Bonchev–Trinajstić information content (AvgIpc) is 2.58. The zero-order chi connectivity index (χ0) is 17.8. The second-order valence-electron chi connectivity index (χ2n) is 5.15. The normalized spacial score (nSPS) is 11.1. The number of carbonyl (C=O) groups is 1. The fraction of sp³-hybridized carbons (Fsp3) is 0.0556. The molecule has 0 spiro atoms. The number of nitrogens with one attached hydrogen (secondary N) is 1. The maximum absolute atomic E-state index is 12.0. The van der Waals surface area contributed by atoms with Crippen molar-refractivity contribution in [2.45, 2.75) is 6.42 Å². The van der Waals surface area contributed by atoms with Crippen molar-refractivity contribution in [1.82, 2.24) is 4.98 Å². The second kappa shape index (κ2) is 7.78. The van der Waals surface area contributed by atoms with Gasteiger partial charge in [-0.3, -0.25) is 9.59 Å². The van der Waals surface area contributed by atoms with Crippen molar-refractivity contribution in [3.05, 3.63) is 73.7 Å². The third kappa shape index (κ3) is 4.45. The number of aromatic nitrogens is 1. The van der Waals surface area contributed by atoms with Crippen LogP contribution in [0.2, 0.25) is 10.0 Å². The van der Waals surface area contributed by atoms with Crippen LogP contribution in [-0.4, -0.2) is 10.9 Å². The van der Waals surface area contributed by atoms with Gasteiger partial charge in [-0.15, -0.1) is 0 Å². The van der Waals surface area contributed by atoms with E-state index in [4.69, 9.17) is 23.2 Å². The molecule has 3 rings (SSSR count). The minimum Gasteiger partial charge on any atom is -0.302 e. The molecule has 0 aliphatic rings. The van der Waals surface area contributed by atoms with Gasteiger partial charge in [-0.2, -0.15) is 0 Å². The van der Waals surface area contributed by atoms with E-state index in [1.807, 2.05) is 0 Å². The molecule has 0 unspecified atom stereocenters. The van der Waals surface area contributed by atoms with Crippen LogP contribution < -0.4 is 10.1 Å². The molecule has 1 N–H and O–H groups in total. The highest BCUT2D eigenvalue weighted by molar-refractivity contribution is 7.13. The van der Waals surface area contributed by atoms with Gasteiger partial charge in [-0.1, -0.05) is 64.9 Å². The zero-order valence-electron chi connectivity index (χ0n) is 12.8. The molecule has 0 saturated heterocycles. The van der Waals surface area contributed by atoms with Gasteiger partial charge in [0.1, 0.15) is 0 Å². The third-order valence-corrected chi connectivity index (χ3v) is 4.87.